The Morgan fingerprint density at radius 2 is 2.33 bits per heavy atom. The summed E-state index contributed by atoms with van der Waals surface area (Å²) in [6, 6.07) is 4.24. The normalized spacial score (nSPS) is 13.3. The van der Waals surface area contributed by atoms with E-state index in [9.17, 15) is 9.18 Å². The van der Waals surface area contributed by atoms with E-state index in [1.165, 1.54) is 12.1 Å². The maximum atomic E-state index is 13.0. The molecule has 0 aromatic heterocycles. The van der Waals surface area contributed by atoms with E-state index < -0.39 is 0 Å². The summed E-state index contributed by atoms with van der Waals surface area (Å²) in [6.45, 7) is 1.55. The molecule has 1 aromatic rings. The molecular weight excluding hydrogens is 259 g/mol. The zero-order valence-corrected chi connectivity index (χ0v) is 10.9. The van der Waals surface area contributed by atoms with Crippen molar-refractivity contribution in [3.05, 3.63) is 24.0 Å². The quantitative estimate of drug-likeness (QED) is 0.910. The molecule has 0 spiro atoms. The largest absolute Gasteiger partial charge is 0.489 e. The minimum atomic E-state index is -0.353. The van der Waals surface area contributed by atoms with Crippen molar-refractivity contribution in [2.75, 3.05) is 31.6 Å². The van der Waals surface area contributed by atoms with Crippen molar-refractivity contribution < 1.29 is 13.9 Å². The van der Waals surface area contributed by atoms with E-state index in [1.54, 1.807) is 18.0 Å². The number of nitrogens with zero attached hydrogens (tertiary/aromatic N) is 1. The van der Waals surface area contributed by atoms with Gasteiger partial charge in [0, 0.05) is 19.0 Å². The fourth-order valence-corrected chi connectivity index (χ4v) is 1.82. The van der Waals surface area contributed by atoms with Gasteiger partial charge in [0.1, 0.15) is 18.2 Å². The Labute approximate surface area is 112 Å². The number of amides is 1. The lowest BCUT2D eigenvalue weighted by atomic mass is 10.2. The molecule has 0 bridgehead atoms. The van der Waals surface area contributed by atoms with Gasteiger partial charge in [-0.15, -0.1) is 12.4 Å². The van der Waals surface area contributed by atoms with Gasteiger partial charge in [0.15, 0.2) is 0 Å². The molecule has 0 saturated heterocycles. The Morgan fingerprint density at radius 3 is 3.06 bits per heavy atom. The second-order valence-corrected chi connectivity index (χ2v) is 3.86. The molecule has 1 heterocycles. The van der Waals surface area contributed by atoms with Gasteiger partial charge < -0.3 is 15.0 Å². The highest BCUT2D eigenvalue weighted by atomic mass is 35.5. The molecule has 0 radical (unpaired) electrons. The summed E-state index contributed by atoms with van der Waals surface area (Å²) >= 11 is 0. The lowest BCUT2D eigenvalue weighted by molar-refractivity contribution is -0.118. The number of ether oxygens (including phenoxy) is 1. The highest BCUT2D eigenvalue weighted by Gasteiger charge is 2.23. The number of benzene rings is 1. The van der Waals surface area contributed by atoms with Gasteiger partial charge in [-0.1, -0.05) is 0 Å². The highest BCUT2D eigenvalue weighted by molar-refractivity contribution is 5.95. The van der Waals surface area contributed by atoms with E-state index in [4.69, 9.17) is 4.74 Å². The summed E-state index contributed by atoms with van der Waals surface area (Å²) in [5.41, 5.74) is 0.652. The van der Waals surface area contributed by atoms with Gasteiger partial charge in [0.2, 0.25) is 5.91 Å². The second kappa shape index (κ2) is 6.56. The predicted octanol–water partition coefficient (Wildman–Crippen LogP) is 1.58. The standard InChI is InChI=1S/C12H15FN2O2.ClH/c1-14-5-4-12(16)15-6-7-17-11-8-9(13)2-3-10(11)15;/h2-3,8,14H,4-7H2,1H3;1H. The number of rotatable bonds is 3. The van der Waals surface area contributed by atoms with E-state index >= 15 is 0 Å². The molecule has 0 unspecified atom stereocenters. The van der Waals surface area contributed by atoms with Crippen molar-refractivity contribution in [3.8, 4) is 5.75 Å². The van der Waals surface area contributed by atoms with Gasteiger partial charge in [0.05, 0.1) is 12.2 Å². The average molecular weight is 275 g/mol. The number of hydrogen-bond donors (Lipinski definition) is 1. The van der Waals surface area contributed by atoms with Gasteiger partial charge in [-0.3, -0.25) is 4.79 Å². The fourth-order valence-electron chi connectivity index (χ4n) is 1.82. The highest BCUT2D eigenvalue weighted by Crippen LogP contribution is 2.32. The third-order valence-electron chi connectivity index (χ3n) is 2.68. The van der Waals surface area contributed by atoms with Crippen molar-refractivity contribution in [1.29, 1.82) is 0 Å². The molecule has 1 N–H and O–H groups in total. The van der Waals surface area contributed by atoms with Gasteiger partial charge in [-0.25, -0.2) is 4.39 Å². The lowest BCUT2D eigenvalue weighted by Gasteiger charge is -2.29. The van der Waals surface area contributed by atoms with Crippen LogP contribution in [0.1, 0.15) is 6.42 Å². The number of halogens is 2. The first-order chi connectivity index (χ1) is 8.22. The summed E-state index contributed by atoms with van der Waals surface area (Å²) in [4.78, 5) is 13.6. The van der Waals surface area contributed by atoms with E-state index in [-0.39, 0.29) is 24.1 Å². The zero-order valence-electron chi connectivity index (χ0n) is 10.1. The van der Waals surface area contributed by atoms with Crippen LogP contribution in [0.2, 0.25) is 0 Å². The van der Waals surface area contributed by atoms with Crippen LogP contribution >= 0.6 is 12.4 Å². The van der Waals surface area contributed by atoms with Gasteiger partial charge in [-0.2, -0.15) is 0 Å². The minimum Gasteiger partial charge on any atom is -0.489 e. The van der Waals surface area contributed by atoms with Crippen LogP contribution in [0.4, 0.5) is 10.1 Å². The molecule has 0 fully saturated rings. The van der Waals surface area contributed by atoms with E-state index in [2.05, 4.69) is 5.32 Å². The van der Waals surface area contributed by atoms with Crippen molar-refractivity contribution in [1.82, 2.24) is 5.32 Å². The number of fused-ring (bicyclic) bond motifs is 1. The molecule has 1 aliphatic rings. The van der Waals surface area contributed by atoms with E-state index in [1.807, 2.05) is 0 Å². The van der Waals surface area contributed by atoms with Crippen molar-refractivity contribution in [3.63, 3.8) is 0 Å². The summed E-state index contributed by atoms with van der Waals surface area (Å²) in [7, 11) is 1.80. The predicted molar refractivity (Wildman–Crippen MR) is 70.0 cm³/mol. The molecule has 0 atom stereocenters. The topological polar surface area (TPSA) is 41.6 Å². The number of hydrogen-bond acceptors (Lipinski definition) is 3. The maximum absolute atomic E-state index is 13.0. The number of anilines is 1. The molecular formula is C12H16ClFN2O2. The van der Waals surface area contributed by atoms with Crippen molar-refractivity contribution >= 4 is 24.0 Å². The molecule has 1 amide bonds. The van der Waals surface area contributed by atoms with Crippen molar-refractivity contribution in [2.24, 2.45) is 0 Å². The SMILES string of the molecule is CNCCC(=O)N1CCOc2cc(F)ccc21.Cl. The Bertz CT molecular complexity index is 429. The molecule has 0 aliphatic carbocycles. The molecule has 6 heteroatoms. The number of nitrogens with one attached hydrogen (secondary N) is 1. The Hall–Kier alpha value is -1.33. The molecule has 1 aliphatic heterocycles. The monoisotopic (exact) mass is 274 g/mol. The third kappa shape index (κ3) is 3.11. The molecule has 0 saturated carbocycles. The molecule has 100 valence electrons. The first-order valence-corrected chi connectivity index (χ1v) is 5.59. The van der Waals surface area contributed by atoms with Crippen LogP contribution < -0.4 is 15.0 Å². The smallest absolute Gasteiger partial charge is 0.228 e. The summed E-state index contributed by atoms with van der Waals surface area (Å²) in [6.07, 6.45) is 0.424. The average Bonchev–Trinajstić information content (AvgIpc) is 2.34. The van der Waals surface area contributed by atoms with Crippen LogP contribution in [0.15, 0.2) is 18.2 Å². The maximum Gasteiger partial charge on any atom is 0.228 e. The molecule has 18 heavy (non-hydrogen) atoms. The molecule has 2 rings (SSSR count). The van der Waals surface area contributed by atoms with Gasteiger partial charge in [0.25, 0.3) is 0 Å². The van der Waals surface area contributed by atoms with Gasteiger partial charge >= 0.3 is 0 Å². The van der Waals surface area contributed by atoms with Crippen LogP contribution in [-0.4, -0.2) is 32.7 Å². The Balaban J connectivity index is 0.00000162. The summed E-state index contributed by atoms with van der Waals surface area (Å²) in [5, 5.41) is 2.93. The summed E-state index contributed by atoms with van der Waals surface area (Å²) < 4.78 is 18.4. The van der Waals surface area contributed by atoms with Crippen molar-refractivity contribution in [2.45, 2.75) is 6.42 Å². The minimum absolute atomic E-state index is 0. The summed E-state index contributed by atoms with van der Waals surface area (Å²) in [5.74, 6) is 0.109. The van der Waals surface area contributed by atoms with Crippen LogP contribution in [0, 0.1) is 5.82 Å². The van der Waals surface area contributed by atoms with Gasteiger partial charge in [-0.05, 0) is 19.2 Å². The lowest BCUT2D eigenvalue weighted by Crippen LogP contribution is -2.39. The van der Waals surface area contributed by atoms with Crippen LogP contribution in [0.25, 0.3) is 0 Å². The fraction of sp³-hybridized carbons (Fsp3) is 0.417. The molecule has 4 nitrogen and oxygen atoms in total. The number of carbonyl (C=O) groups excluding carboxylic acids is 1. The second-order valence-electron chi connectivity index (χ2n) is 3.86. The number of carbonyl (C=O) groups is 1. The van der Waals surface area contributed by atoms with Crippen LogP contribution in [-0.2, 0) is 4.79 Å². The van der Waals surface area contributed by atoms with Crippen LogP contribution in [0.5, 0.6) is 5.75 Å². The molecule has 1 aromatic carbocycles. The van der Waals surface area contributed by atoms with E-state index in [0.717, 1.165) is 0 Å². The third-order valence-corrected chi connectivity index (χ3v) is 2.68. The Kier molecular flexibility index (Phi) is 5.37. The van der Waals surface area contributed by atoms with Crippen LogP contribution in [0.3, 0.4) is 0 Å². The first-order valence-electron chi connectivity index (χ1n) is 5.59. The Morgan fingerprint density at radius 1 is 1.56 bits per heavy atom. The zero-order chi connectivity index (χ0) is 12.3. The van der Waals surface area contributed by atoms with E-state index in [0.29, 0.717) is 37.6 Å². The first kappa shape index (κ1) is 14.7.